The second-order valence-corrected chi connectivity index (χ2v) is 6.80. The van der Waals surface area contributed by atoms with Crippen molar-refractivity contribution in [3.8, 4) is 5.75 Å². The van der Waals surface area contributed by atoms with Crippen molar-refractivity contribution in [1.82, 2.24) is 14.9 Å². The summed E-state index contributed by atoms with van der Waals surface area (Å²) in [7, 11) is 2.15. The molecule has 1 aliphatic heterocycles. The first-order chi connectivity index (χ1) is 12.0. The lowest BCUT2D eigenvalue weighted by molar-refractivity contribution is 0.242. The zero-order valence-electron chi connectivity index (χ0n) is 15.5. The lowest BCUT2D eigenvalue weighted by Crippen LogP contribution is -2.44. The van der Waals surface area contributed by atoms with Gasteiger partial charge in [-0.05, 0) is 52.1 Å². The number of hydrogen-bond donors (Lipinski definition) is 1. The van der Waals surface area contributed by atoms with Gasteiger partial charge in [0.05, 0.1) is 6.10 Å². The molecule has 1 aliphatic rings. The Morgan fingerprint density at radius 3 is 2.36 bits per heavy atom. The number of anilines is 3. The number of aryl methyl sites for hydroxylation is 1. The molecule has 1 aromatic heterocycles. The van der Waals surface area contributed by atoms with Gasteiger partial charge in [-0.1, -0.05) is 0 Å². The van der Waals surface area contributed by atoms with E-state index in [9.17, 15) is 0 Å². The average molecular weight is 341 g/mol. The number of rotatable bonds is 5. The fourth-order valence-electron chi connectivity index (χ4n) is 2.82. The molecule has 0 saturated carbocycles. The van der Waals surface area contributed by atoms with Gasteiger partial charge in [0.25, 0.3) is 0 Å². The molecule has 3 rings (SSSR count). The molecule has 1 aromatic carbocycles. The van der Waals surface area contributed by atoms with E-state index in [0.29, 0.717) is 5.95 Å². The fourth-order valence-corrected chi connectivity index (χ4v) is 2.82. The lowest BCUT2D eigenvalue weighted by Gasteiger charge is -2.33. The molecule has 0 atom stereocenters. The first-order valence-corrected chi connectivity index (χ1v) is 8.82. The zero-order chi connectivity index (χ0) is 17.8. The van der Waals surface area contributed by atoms with Crippen LogP contribution in [0.3, 0.4) is 0 Å². The van der Waals surface area contributed by atoms with E-state index in [-0.39, 0.29) is 6.10 Å². The van der Waals surface area contributed by atoms with Gasteiger partial charge in [-0.2, -0.15) is 4.98 Å². The van der Waals surface area contributed by atoms with Crippen LogP contribution in [-0.4, -0.2) is 54.2 Å². The molecule has 134 valence electrons. The third-order valence-corrected chi connectivity index (χ3v) is 4.15. The van der Waals surface area contributed by atoms with Crippen LogP contribution in [-0.2, 0) is 0 Å². The number of piperazine rings is 1. The van der Waals surface area contributed by atoms with Gasteiger partial charge < -0.3 is 19.9 Å². The summed E-state index contributed by atoms with van der Waals surface area (Å²) in [6.07, 6.45) is 0.171. The molecule has 6 nitrogen and oxygen atoms in total. The molecule has 0 unspecified atom stereocenters. The molecule has 1 N–H and O–H groups in total. The highest BCUT2D eigenvalue weighted by molar-refractivity contribution is 5.56. The van der Waals surface area contributed by atoms with E-state index >= 15 is 0 Å². The summed E-state index contributed by atoms with van der Waals surface area (Å²) < 4.78 is 5.68. The number of likely N-dealkylation sites (N-methyl/N-ethyl adjacent to an activating group) is 1. The SMILES string of the molecule is Cc1cc(N2CCN(C)CC2)nc(Nc2ccc(OC(C)C)cc2)n1. The van der Waals surface area contributed by atoms with Gasteiger partial charge in [-0.3, -0.25) is 0 Å². The quantitative estimate of drug-likeness (QED) is 0.902. The van der Waals surface area contributed by atoms with Crippen LogP contribution in [0.2, 0.25) is 0 Å². The van der Waals surface area contributed by atoms with Crippen molar-refractivity contribution in [2.75, 3.05) is 43.4 Å². The van der Waals surface area contributed by atoms with Crippen LogP contribution in [0.5, 0.6) is 5.75 Å². The van der Waals surface area contributed by atoms with Crippen LogP contribution in [0.25, 0.3) is 0 Å². The van der Waals surface area contributed by atoms with E-state index in [4.69, 9.17) is 9.72 Å². The molecule has 0 amide bonds. The Balaban J connectivity index is 1.72. The Morgan fingerprint density at radius 2 is 1.72 bits per heavy atom. The molecule has 0 radical (unpaired) electrons. The molecule has 0 aliphatic carbocycles. The molecule has 0 bridgehead atoms. The first-order valence-electron chi connectivity index (χ1n) is 8.82. The van der Waals surface area contributed by atoms with Crippen LogP contribution in [0.1, 0.15) is 19.5 Å². The number of hydrogen-bond acceptors (Lipinski definition) is 6. The van der Waals surface area contributed by atoms with Crippen LogP contribution in [0.4, 0.5) is 17.5 Å². The summed E-state index contributed by atoms with van der Waals surface area (Å²) in [4.78, 5) is 13.9. The molecule has 2 aromatic rings. The highest BCUT2D eigenvalue weighted by Gasteiger charge is 2.16. The highest BCUT2D eigenvalue weighted by Crippen LogP contribution is 2.21. The van der Waals surface area contributed by atoms with E-state index in [2.05, 4.69) is 33.2 Å². The molecule has 6 heteroatoms. The number of nitrogens with zero attached hydrogens (tertiary/aromatic N) is 4. The van der Waals surface area contributed by atoms with Crippen molar-refractivity contribution in [1.29, 1.82) is 0 Å². The Labute approximate surface area is 149 Å². The monoisotopic (exact) mass is 341 g/mol. The molecule has 1 saturated heterocycles. The summed E-state index contributed by atoms with van der Waals surface area (Å²) in [5, 5.41) is 3.30. The van der Waals surface area contributed by atoms with Gasteiger partial charge in [0, 0.05) is 43.6 Å². The lowest BCUT2D eigenvalue weighted by atomic mass is 10.3. The number of nitrogens with one attached hydrogen (secondary N) is 1. The van der Waals surface area contributed by atoms with Gasteiger partial charge in [0.1, 0.15) is 11.6 Å². The van der Waals surface area contributed by atoms with Crippen molar-refractivity contribution in [2.24, 2.45) is 0 Å². The molecule has 25 heavy (non-hydrogen) atoms. The first kappa shape index (κ1) is 17.5. The van der Waals surface area contributed by atoms with E-state index < -0.39 is 0 Å². The van der Waals surface area contributed by atoms with Crippen LogP contribution in [0.15, 0.2) is 30.3 Å². The molecule has 1 fully saturated rings. The van der Waals surface area contributed by atoms with Gasteiger partial charge in [0.15, 0.2) is 0 Å². The van der Waals surface area contributed by atoms with Gasteiger partial charge in [0.2, 0.25) is 5.95 Å². The molecule has 0 spiro atoms. The third-order valence-electron chi connectivity index (χ3n) is 4.15. The van der Waals surface area contributed by atoms with Crippen molar-refractivity contribution >= 4 is 17.5 Å². The summed E-state index contributed by atoms with van der Waals surface area (Å²) in [6.45, 7) is 10.2. The molecule has 2 heterocycles. The van der Waals surface area contributed by atoms with Gasteiger partial charge >= 0.3 is 0 Å². The second kappa shape index (κ2) is 7.70. The Bertz CT molecular complexity index is 693. The van der Waals surface area contributed by atoms with E-state index in [1.807, 2.05) is 45.0 Å². The average Bonchev–Trinajstić information content (AvgIpc) is 2.56. The topological polar surface area (TPSA) is 53.5 Å². The maximum Gasteiger partial charge on any atom is 0.229 e. The standard InChI is InChI=1S/C19H27N5O/c1-14(2)25-17-7-5-16(6-8-17)21-19-20-15(3)13-18(22-19)24-11-9-23(4)10-12-24/h5-8,13-14H,9-12H2,1-4H3,(H,20,21,22). The van der Waals surface area contributed by atoms with Crippen molar-refractivity contribution in [3.63, 3.8) is 0 Å². The summed E-state index contributed by atoms with van der Waals surface area (Å²) in [5.74, 6) is 2.48. The third kappa shape index (κ3) is 4.82. The minimum atomic E-state index is 0.171. The second-order valence-electron chi connectivity index (χ2n) is 6.80. The normalized spacial score (nSPS) is 15.5. The zero-order valence-corrected chi connectivity index (χ0v) is 15.5. The van der Waals surface area contributed by atoms with Crippen molar-refractivity contribution in [3.05, 3.63) is 36.0 Å². The summed E-state index contributed by atoms with van der Waals surface area (Å²) in [6, 6.07) is 9.94. The largest absolute Gasteiger partial charge is 0.491 e. The van der Waals surface area contributed by atoms with Crippen LogP contribution >= 0.6 is 0 Å². The number of ether oxygens (including phenoxy) is 1. The minimum absolute atomic E-state index is 0.171. The predicted octanol–water partition coefficient (Wildman–Crippen LogP) is 3.07. The summed E-state index contributed by atoms with van der Waals surface area (Å²) >= 11 is 0. The summed E-state index contributed by atoms with van der Waals surface area (Å²) in [5.41, 5.74) is 1.91. The fraction of sp³-hybridized carbons (Fsp3) is 0.474. The van der Waals surface area contributed by atoms with Crippen LogP contribution < -0.4 is 15.0 Å². The van der Waals surface area contributed by atoms with E-state index in [1.165, 1.54) is 0 Å². The van der Waals surface area contributed by atoms with Gasteiger partial charge in [-0.15, -0.1) is 0 Å². The maximum atomic E-state index is 5.68. The number of aromatic nitrogens is 2. The van der Waals surface area contributed by atoms with E-state index in [1.54, 1.807) is 0 Å². The van der Waals surface area contributed by atoms with Crippen molar-refractivity contribution in [2.45, 2.75) is 26.9 Å². The Morgan fingerprint density at radius 1 is 1.04 bits per heavy atom. The predicted molar refractivity (Wildman–Crippen MR) is 102 cm³/mol. The van der Waals surface area contributed by atoms with Crippen molar-refractivity contribution < 1.29 is 4.74 Å². The van der Waals surface area contributed by atoms with Crippen LogP contribution in [0, 0.1) is 6.92 Å². The molecular formula is C19H27N5O. The Hall–Kier alpha value is -2.34. The van der Waals surface area contributed by atoms with E-state index in [0.717, 1.165) is 49.1 Å². The minimum Gasteiger partial charge on any atom is -0.491 e. The smallest absolute Gasteiger partial charge is 0.229 e. The number of benzene rings is 1. The molecular weight excluding hydrogens is 314 g/mol. The highest BCUT2D eigenvalue weighted by atomic mass is 16.5. The van der Waals surface area contributed by atoms with Gasteiger partial charge in [-0.25, -0.2) is 4.98 Å². The maximum absolute atomic E-state index is 5.68. The Kier molecular flexibility index (Phi) is 5.38.